The maximum atomic E-state index is 9.76. The number of aliphatic hydroxyl groups excluding tert-OH is 4. The second-order valence-electron chi connectivity index (χ2n) is 2.93. The highest BCUT2D eigenvalue weighted by atomic mass is 31.3. The van der Waals surface area contributed by atoms with Crippen molar-refractivity contribution >= 4 is 21.9 Å². The topological polar surface area (TPSA) is 222 Å². The zero-order valence-electron chi connectivity index (χ0n) is 9.12. The number of aldehydes is 1. The van der Waals surface area contributed by atoms with E-state index in [0.29, 0.717) is 0 Å². The Kier molecular flexibility index (Phi) is 9.81. The van der Waals surface area contributed by atoms with Crippen molar-refractivity contribution < 1.29 is 58.2 Å². The average Bonchev–Trinajstić information content (AvgIpc) is 2.21. The molecule has 0 aromatic carbocycles. The van der Waals surface area contributed by atoms with Gasteiger partial charge >= 0.3 is 15.6 Å². The van der Waals surface area contributed by atoms with Crippen LogP contribution in [-0.4, -0.2) is 71.2 Å². The summed E-state index contributed by atoms with van der Waals surface area (Å²) in [6.45, 7) is -0.688. The van der Waals surface area contributed by atoms with E-state index in [1.54, 1.807) is 0 Å². The molecular weight excluding hydrogens is 314 g/mol. The Labute approximate surface area is 106 Å². The highest BCUT2D eigenvalue weighted by molar-refractivity contribution is 7.60. The molecule has 3 atom stereocenters. The van der Waals surface area contributed by atoms with Crippen LogP contribution >= 0.6 is 15.6 Å². The first-order chi connectivity index (χ1) is 8.34. The Bertz CT molecular complexity index is 324. The molecule has 0 aliphatic carbocycles. The van der Waals surface area contributed by atoms with Crippen LogP contribution in [0.4, 0.5) is 0 Å². The van der Waals surface area contributed by atoms with Crippen LogP contribution in [0.2, 0.25) is 0 Å². The fraction of sp³-hybridized carbons (Fsp3) is 0.800. The zero-order valence-corrected chi connectivity index (χ0v) is 10.9. The van der Waals surface area contributed by atoms with Gasteiger partial charge in [-0.05, 0) is 0 Å². The smallest absolute Gasteiger partial charge is 0.394 e. The number of carbonyl (C=O) groups is 1. The predicted octanol–water partition coefficient (Wildman–Crippen LogP) is -3.55. The van der Waals surface area contributed by atoms with Gasteiger partial charge in [-0.3, -0.25) is 0 Å². The van der Waals surface area contributed by atoms with E-state index in [0.717, 1.165) is 0 Å². The van der Waals surface area contributed by atoms with Crippen LogP contribution in [0.15, 0.2) is 0 Å². The Morgan fingerprint density at radius 1 is 1.00 bits per heavy atom. The van der Waals surface area contributed by atoms with Gasteiger partial charge in [0, 0.05) is 0 Å². The summed E-state index contributed by atoms with van der Waals surface area (Å²) in [5.41, 5.74) is 0. The molecule has 0 heterocycles. The molecule has 0 saturated carbocycles. The quantitative estimate of drug-likeness (QED) is 0.175. The molecule has 0 aliphatic heterocycles. The van der Waals surface area contributed by atoms with Crippen molar-refractivity contribution in [2.75, 3.05) is 6.61 Å². The van der Waals surface area contributed by atoms with Crippen LogP contribution in [0.3, 0.4) is 0 Å². The molecule has 0 spiro atoms. The summed E-state index contributed by atoms with van der Waals surface area (Å²) in [4.78, 5) is 40.8. The van der Waals surface area contributed by atoms with Gasteiger partial charge in [0.15, 0.2) is 6.29 Å². The molecule has 0 aromatic heterocycles. The van der Waals surface area contributed by atoms with Crippen LogP contribution < -0.4 is 0 Å². The van der Waals surface area contributed by atoms with E-state index >= 15 is 0 Å². The van der Waals surface area contributed by atoms with Crippen LogP contribution in [-0.2, 0) is 18.2 Å². The number of carbonyl (C=O) groups excluding carboxylic acids is 1. The minimum Gasteiger partial charge on any atom is -0.394 e. The lowest BCUT2D eigenvalue weighted by Gasteiger charge is -2.16. The first-order valence-corrected chi connectivity index (χ1v) is 7.33. The van der Waals surface area contributed by atoms with Gasteiger partial charge in [-0.1, -0.05) is 0 Å². The molecule has 0 aliphatic rings. The number of rotatable bonds is 6. The second kappa shape index (κ2) is 8.84. The van der Waals surface area contributed by atoms with Gasteiger partial charge in [-0.25, -0.2) is 9.13 Å². The Morgan fingerprint density at radius 3 is 1.53 bits per heavy atom. The molecule has 116 valence electrons. The molecule has 0 rings (SSSR count). The Hall–Kier alpha value is -0.230. The van der Waals surface area contributed by atoms with E-state index in [1.165, 1.54) is 0 Å². The lowest BCUT2D eigenvalue weighted by molar-refractivity contribution is -0.127. The lowest BCUT2D eigenvalue weighted by Crippen LogP contribution is -2.40. The molecule has 0 fully saturated rings. The van der Waals surface area contributed by atoms with Crippen molar-refractivity contribution in [2.45, 2.75) is 18.3 Å². The van der Waals surface area contributed by atoms with Gasteiger partial charge in [0.05, 0.1) is 6.61 Å². The summed E-state index contributed by atoms with van der Waals surface area (Å²) in [6, 6.07) is 0. The van der Waals surface area contributed by atoms with Crippen molar-refractivity contribution in [1.29, 1.82) is 0 Å². The minimum atomic E-state index is -5.05. The molecule has 19 heavy (non-hydrogen) atoms. The van der Waals surface area contributed by atoms with E-state index in [1.807, 2.05) is 0 Å². The summed E-state index contributed by atoms with van der Waals surface area (Å²) in [5, 5.41) is 34.1. The van der Waals surface area contributed by atoms with Crippen LogP contribution in [0.1, 0.15) is 0 Å². The highest BCUT2D eigenvalue weighted by Crippen LogP contribution is 2.53. The largest absolute Gasteiger partial charge is 0.478 e. The van der Waals surface area contributed by atoms with Gasteiger partial charge in [-0.15, -0.1) is 0 Å². The van der Waals surface area contributed by atoms with Crippen LogP contribution in [0.5, 0.6) is 0 Å². The van der Waals surface area contributed by atoms with Gasteiger partial charge in [0.25, 0.3) is 0 Å². The highest BCUT2D eigenvalue weighted by Gasteiger charge is 2.28. The van der Waals surface area contributed by atoms with Crippen molar-refractivity contribution in [2.24, 2.45) is 0 Å². The molecule has 12 nitrogen and oxygen atoms in total. The van der Waals surface area contributed by atoms with Crippen molar-refractivity contribution in [3.05, 3.63) is 0 Å². The second-order valence-corrected chi connectivity index (χ2v) is 5.55. The summed E-state index contributed by atoms with van der Waals surface area (Å²) < 4.78 is 22.2. The summed E-state index contributed by atoms with van der Waals surface area (Å²) >= 11 is 0. The first kappa shape index (κ1) is 21.1. The number of hydrogen-bond donors (Lipinski definition) is 8. The zero-order chi connectivity index (χ0) is 15.9. The van der Waals surface area contributed by atoms with Crippen molar-refractivity contribution in [1.82, 2.24) is 0 Å². The van der Waals surface area contributed by atoms with Crippen LogP contribution in [0.25, 0.3) is 0 Å². The third-order valence-corrected chi connectivity index (χ3v) is 2.99. The van der Waals surface area contributed by atoms with Gasteiger partial charge in [0.1, 0.15) is 18.3 Å². The summed E-state index contributed by atoms with van der Waals surface area (Å²) in [5.74, 6) is 0. The minimum absolute atomic E-state index is 0.0869. The standard InChI is InChI=1S/C5H10O5.H4O7P2/c6-1-3(8)5(10)4(9)2-7;1-8(2,3)7-9(4,5)6/h1,3-5,7-10H,2H2;(H2,1,2,3)(H2,4,5,6)/t3-,4+,5+;/m0./s1. The SMILES string of the molecule is O=C[C@H](O)[C@@H](O)[C@H](O)CO.O=P(O)(O)OP(=O)(O)O. The molecule has 0 aromatic rings. The maximum absolute atomic E-state index is 9.76. The molecule has 14 heteroatoms. The summed E-state index contributed by atoms with van der Waals surface area (Å²) in [6.07, 6.45) is -4.63. The maximum Gasteiger partial charge on any atom is 0.478 e. The van der Waals surface area contributed by atoms with E-state index in [2.05, 4.69) is 4.31 Å². The Balaban J connectivity index is 0. The molecular formula is C5H14O12P2. The summed E-state index contributed by atoms with van der Waals surface area (Å²) in [7, 11) is -10.1. The monoisotopic (exact) mass is 328 g/mol. The molecule has 0 radical (unpaired) electrons. The number of phosphoric acid groups is 2. The molecule has 0 saturated heterocycles. The third-order valence-electron chi connectivity index (χ3n) is 1.28. The molecule has 8 N–H and O–H groups in total. The van der Waals surface area contributed by atoms with Crippen molar-refractivity contribution in [3.63, 3.8) is 0 Å². The lowest BCUT2D eigenvalue weighted by atomic mass is 10.1. The molecule has 0 unspecified atom stereocenters. The fourth-order valence-corrected chi connectivity index (χ4v) is 1.66. The van der Waals surface area contributed by atoms with Crippen LogP contribution in [0, 0.1) is 0 Å². The third kappa shape index (κ3) is 14.0. The average molecular weight is 328 g/mol. The molecule has 0 bridgehead atoms. The predicted molar refractivity (Wildman–Crippen MR) is 56.3 cm³/mol. The number of hydrogen-bond acceptors (Lipinski definition) is 8. The van der Waals surface area contributed by atoms with E-state index in [9.17, 15) is 13.9 Å². The van der Waals surface area contributed by atoms with Gasteiger partial charge in [0.2, 0.25) is 0 Å². The normalized spacial score (nSPS) is 16.8. The fourth-order valence-electron chi connectivity index (χ4n) is 0.555. The molecule has 0 amide bonds. The van der Waals surface area contributed by atoms with E-state index in [4.69, 9.17) is 40.0 Å². The Morgan fingerprint density at radius 2 is 1.37 bits per heavy atom. The van der Waals surface area contributed by atoms with E-state index in [-0.39, 0.29) is 6.29 Å². The van der Waals surface area contributed by atoms with Gasteiger partial charge in [-0.2, -0.15) is 4.31 Å². The van der Waals surface area contributed by atoms with E-state index < -0.39 is 40.6 Å². The van der Waals surface area contributed by atoms with Gasteiger partial charge < -0.3 is 44.8 Å². The first-order valence-electron chi connectivity index (χ1n) is 4.27. The number of aliphatic hydroxyl groups is 4. The van der Waals surface area contributed by atoms with Crippen molar-refractivity contribution in [3.8, 4) is 0 Å².